The van der Waals surface area contributed by atoms with Gasteiger partial charge in [0.15, 0.2) is 0 Å². The van der Waals surface area contributed by atoms with Crippen LogP contribution in [0.1, 0.15) is 11.1 Å². The summed E-state index contributed by atoms with van der Waals surface area (Å²) < 4.78 is 2.19. The summed E-state index contributed by atoms with van der Waals surface area (Å²) in [6, 6.07) is 61.4. The lowest BCUT2D eigenvalue weighted by atomic mass is 9.85. The van der Waals surface area contributed by atoms with Crippen molar-refractivity contribution >= 4 is 43.4 Å². The summed E-state index contributed by atoms with van der Waals surface area (Å²) in [4.78, 5) is 0. The zero-order valence-electron chi connectivity index (χ0n) is 26.4. The van der Waals surface area contributed by atoms with E-state index in [1.54, 1.807) is 6.07 Å². The van der Waals surface area contributed by atoms with Crippen molar-refractivity contribution in [3.05, 3.63) is 175 Å². The van der Waals surface area contributed by atoms with Crippen LogP contribution in [0.15, 0.2) is 164 Å². The van der Waals surface area contributed by atoms with Gasteiger partial charge in [0, 0.05) is 16.3 Å². The van der Waals surface area contributed by atoms with Crippen molar-refractivity contribution in [1.82, 2.24) is 4.57 Å². The second kappa shape index (κ2) is 11.4. The molecule has 0 aliphatic heterocycles. The Labute approximate surface area is 283 Å². The number of nitriles is 2. The van der Waals surface area contributed by atoms with Crippen molar-refractivity contribution in [2.45, 2.75) is 0 Å². The van der Waals surface area contributed by atoms with Crippen LogP contribution in [0, 0.1) is 22.7 Å². The summed E-state index contributed by atoms with van der Waals surface area (Å²) >= 11 is 0. The van der Waals surface area contributed by atoms with Crippen LogP contribution in [0.2, 0.25) is 0 Å². The van der Waals surface area contributed by atoms with E-state index in [1.807, 2.05) is 30.3 Å². The van der Waals surface area contributed by atoms with E-state index < -0.39 is 0 Å². The lowest BCUT2D eigenvalue weighted by Crippen LogP contribution is -2.01. The molecule has 1 aromatic heterocycles. The molecule has 1 heterocycles. The van der Waals surface area contributed by atoms with Crippen LogP contribution >= 0.6 is 0 Å². The molecule has 9 rings (SSSR count). The Morgan fingerprint density at radius 1 is 0.367 bits per heavy atom. The van der Waals surface area contributed by atoms with Crippen molar-refractivity contribution in [1.29, 1.82) is 10.5 Å². The summed E-state index contributed by atoms with van der Waals surface area (Å²) in [6.45, 7) is 0. The van der Waals surface area contributed by atoms with Gasteiger partial charge in [-0.05, 0) is 73.6 Å². The molecule has 0 saturated carbocycles. The van der Waals surface area contributed by atoms with Gasteiger partial charge in [0.25, 0.3) is 0 Å². The van der Waals surface area contributed by atoms with Crippen LogP contribution in [-0.2, 0) is 0 Å². The van der Waals surface area contributed by atoms with Gasteiger partial charge in [-0.2, -0.15) is 10.5 Å². The molecule has 0 spiro atoms. The summed E-state index contributed by atoms with van der Waals surface area (Å²) in [7, 11) is 0. The molecule has 0 N–H and O–H groups in total. The number of hydrogen-bond acceptors (Lipinski definition) is 2. The van der Waals surface area contributed by atoms with Crippen LogP contribution in [0.25, 0.3) is 82.4 Å². The van der Waals surface area contributed by atoms with Gasteiger partial charge in [-0.15, -0.1) is 0 Å². The number of nitrogens with zero attached hydrogens (tertiary/aromatic N) is 3. The SMILES string of the molecule is N#Cc1cc(C#N)c(-c2ccc(-c3c4ccccc4c(-c4ccccc4)c4ccccc34)cc2)c(-n2c3ccccc3c3ccccc32)c1. The third-order valence-corrected chi connectivity index (χ3v) is 9.64. The van der Waals surface area contributed by atoms with E-state index in [-0.39, 0.29) is 0 Å². The van der Waals surface area contributed by atoms with Gasteiger partial charge in [0.05, 0.1) is 40.0 Å². The van der Waals surface area contributed by atoms with Crippen molar-refractivity contribution in [2.75, 3.05) is 0 Å². The molecule has 0 saturated heterocycles. The number of benzene rings is 8. The quantitative estimate of drug-likeness (QED) is 0.184. The van der Waals surface area contributed by atoms with Crippen molar-refractivity contribution in [3.8, 4) is 51.2 Å². The van der Waals surface area contributed by atoms with E-state index in [4.69, 9.17) is 0 Å². The number of rotatable bonds is 4. The molecule has 0 radical (unpaired) electrons. The van der Waals surface area contributed by atoms with E-state index >= 15 is 0 Å². The molecule has 0 aliphatic rings. The highest BCUT2D eigenvalue weighted by Crippen LogP contribution is 2.44. The Bertz CT molecular complexity index is 2720. The van der Waals surface area contributed by atoms with Crippen LogP contribution in [0.5, 0.6) is 0 Å². The zero-order valence-corrected chi connectivity index (χ0v) is 26.4. The highest BCUT2D eigenvalue weighted by molar-refractivity contribution is 6.21. The van der Waals surface area contributed by atoms with Gasteiger partial charge in [-0.25, -0.2) is 0 Å². The predicted molar refractivity (Wildman–Crippen MR) is 202 cm³/mol. The fourth-order valence-electron chi connectivity index (χ4n) is 7.60. The summed E-state index contributed by atoms with van der Waals surface area (Å²) in [6.07, 6.45) is 0. The van der Waals surface area contributed by atoms with Crippen LogP contribution < -0.4 is 0 Å². The highest BCUT2D eigenvalue weighted by Gasteiger charge is 2.21. The molecule has 3 nitrogen and oxygen atoms in total. The molecule has 0 fully saturated rings. The number of fused-ring (bicyclic) bond motifs is 5. The fourth-order valence-corrected chi connectivity index (χ4v) is 7.60. The predicted octanol–water partition coefficient (Wildman–Crippen LogP) is 11.8. The summed E-state index contributed by atoms with van der Waals surface area (Å²) in [5.41, 5.74) is 10.2. The molecule has 226 valence electrons. The minimum Gasteiger partial charge on any atom is -0.309 e. The Kier molecular flexibility index (Phi) is 6.58. The molecule has 49 heavy (non-hydrogen) atoms. The standard InChI is InChI=1S/C46H27N3/c47-28-30-26-34(29-48)44(43(27-30)49-41-20-10-8-14-35(41)36-15-9-11-21-42(36)49)32-22-24-33(25-23-32)46-39-18-6-4-16-37(39)45(31-12-2-1-3-13-31)38-17-5-7-19-40(38)46/h1-27H. The Hall–Kier alpha value is -6.94. The molecule has 0 atom stereocenters. The van der Waals surface area contributed by atoms with Crippen molar-refractivity contribution in [3.63, 3.8) is 0 Å². The maximum absolute atomic E-state index is 10.5. The molecule has 0 bridgehead atoms. The van der Waals surface area contributed by atoms with Gasteiger partial charge >= 0.3 is 0 Å². The average molecular weight is 622 g/mol. The first-order chi connectivity index (χ1) is 24.2. The molecule has 0 amide bonds. The average Bonchev–Trinajstić information content (AvgIpc) is 3.51. The van der Waals surface area contributed by atoms with E-state index in [9.17, 15) is 10.5 Å². The number of hydrogen-bond donors (Lipinski definition) is 0. The number of aromatic nitrogens is 1. The topological polar surface area (TPSA) is 52.5 Å². The maximum atomic E-state index is 10.5. The number of para-hydroxylation sites is 2. The Balaban J connectivity index is 1.29. The molecule has 9 aromatic rings. The van der Waals surface area contributed by atoms with Gasteiger partial charge in [0.1, 0.15) is 0 Å². The highest BCUT2D eigenvalue weighted by atomic mass is 15.0. The van der Waals surface area contributed by atoms with Gasteiger partial charge < -0.3 is 4.57 Å². The van der Waals surface area contributed by atoms with Crippen LogP contribution in [-0.4, -0.2) is 4.57 Å². The first-order valence-corrected chi connectivity index (χ1v) is 16.3. The molecule has 0 aliphatic carbocycles. The van der Waals surface area contributed by atoms with E-state index in [2.05, 4.69) is 144 Å². The molecule has 8 aromatic carbocycles. The van der Waals surface area contributed by atoms with E-state index in [1.165, 1.54) is 38.2 Å². The molecular formula is C46H27N3. The first kappa shape index (κ1) is 28.3. The zero-order chi connectivity index (χ0) is 32.9. The Morgan fingerprint density at radius 3 is 1.24 bits per heavy atom. The largest absolute Gasteiger partial charge is 0.309 e. The lowest BCUT2D eigenvalue weighted by molar-refractivity contribution is 1.17. The molecular weight excluding hydrogens is 595 g/mol. The van der Waals surface area contributed by atoms with Gasteiger partial charge in [-0.3, -0.25) is 0 Å². The normalized spacial score (nSPS) is 11.2. The Morgan fingerprint density at radius 2 is 0.776 bits per heavy atom. The summed E-state index contributed by atoms with van der Waals surface area (Å²) in [5, 5.41) is 27.5. The van der Waals surface area contributed by atoms with Crippen LogP contribution in [0.3, 0.4) is 0 Å². The van der Waals surface area contributed by atoms with Crippen molar-refractivity contribution in [2.24, 2.45) is 0 Å². The first-order valence-electron chi connectivity index (χ1n) is 16.3. The van der Waals surface area contributed by atoms with Gasteiger partial charge in [-0.1, -0.05) is 140 Å². The van der Waals surface area contributed by atoms with Crippen LogP contribution in [0.4, 0.5) is 0 Å². The fraction of sp³-hybridized carbons (Fsp3) is 0. The minimum absolute atomic E-state index is 0.449. The lowest BCUT2D eigenvalue weighted by Gasteiger charge is -2.19. The monoisotopic (exact) mass is 621 g/mol. The van der Waals surface area contributed by atoms with E-state index in [0.29, 0.717) is 11.1 Å². The second-order valence-electron chi connectivity index (χ2n) is 12.3. The maximum Gasteiger partial charge on any atom is 0.0999 e. The minimum atomic E-state index is 0.449. The van der Waals surface area contributed by atoms with Gasteiger partial charge in [0.2, 0.25) is 0 Å². The second-order valence-corrected chi connectivity index (χ2v) is 12.3. The molecule has 3 heteroatoms. The smallest absolute Gasteiger partial charge is 0.0999 e. The third kappa shape index (κ3) is 4.42. The van der Waals surface area contributed by atoms with Crippen molar-refractivity contribution < 1.29 is 0 Å². The van der Waals surface area contributed by atoms with E-state index in [0.717, 1.165) is 44.2 Å². The molecule has 0 unspecified atom stereocenters. The summed E-state index contributed by atoms with van der Waals surface area (Å²) in [5.74, 6) is 0. The third-order valence-electron chi connectivity index (χ3n) is 9.64.